The Kier molecular flexibility index (Phi) is 3.12. The molecule has 0 heterocycles. The van der Waals surface area contributed by atoms with Crippen molar-refractivity contribution in [2.45, 2.75) is 19.4 Å². The number of hydrogen-bond acceptors (Lipinski definition) is 1. The minimum Gasteiger partial charge on any atom is -0.379 e. The van der Waals surface area contributed by atoms with Gasteiger partial charge in [-0.15, -0.1) is 0 Å². The van der Waals surface area contributed by atoms with Crippen LogP contribution in [0.5, 0.6) is 0 Å². The van der Waals surface area contributed by atoms with Crippen LogP contribution in [0.1, 0.15) is 13.3 Å². The van der Waals surface area contributed by atoms with Crippen molar-refractivity contribution >= 4 is 17.3 Å². The Labute approximate surface area is 95.5 Å². The van der Waals surface area contributed by atoms with Crippen LogP contribution in [0, 0.1) is 0 Å². The van der Waals surface area contributed by atoms with E-state index in [0.717, 1.165) is 17.1 Å². The topological polar surface area (TPSA) is 12.0 Å². The van der Waals surface area contributed by atoms with Crippen molar-refractivity contribution in [3.05, 3.63) is 53.1 Å². The number of hydrogen-bond donors (Lipinski definition) is 1. The maximum atomic E-state index is 5.83. The second-order valence-corrected chi connectivity index (χ2v) is 4.18. The number of allylic oxidation sites excluding steroid dienone is 3. The summed E-state index contributed by atoms with van der Waals surface area (Å²) in [5, 5.41) is 4.22. The number of halogens is 1. The molecule has 0 saturated heterocycles. The minimum atomic E-state index is 0.376. The molecule has 1 aromatic rings. The first kappa shape index (κ1) is 10.3. The van der Waals surface area contributed by atoms with Gasteiger partial charge in [0.15, 0.2) is 0 Å². The molecule has 1 aliphatic rings. The molecule has 1 aliphatic carbocycles. The molecular weight excluding hydrogens is 206 g/mol. The van der Waals surface area contributed by atoms with E-state index in [4.69, 9.17) is 11.6 Å². The van der Waals surface area contributed by atoms with E-state index in [1.54, 1.807) is 0 Å². The van der Waals surface area contributed by atoms with Crippen LogP contribution >= 0.6 is 11.6 Å². The minimum absolute atomic E-state index is 0.376. The molecule has 2 heteroatoms. The van der Waals surface area contributed by atoms with E-state index in [2.05, 4.69) is 30.5 Å². The third kappa shape index (κ3) is 2.63. The number of rotatable bonds is 3. The first-order valence-corrected chi connectivity index (χ1v) is 5.51. The Morgan fingerprint density at radius 1 is 1.27 bits per heavy atom. The van der Waals surface area contributed by atoms with Crippen LogP contribution in [0.15, 0.2) is 48.1 Å². The van der Waals surface area contributed by atoms with Gasteiger partial charge in [0.2, 0.25) is 0 Å². The van der Waals surface area contributed by atoms with Gasteiger partial charge in [-0.1, -0.05) is 29.8 Å². The van der Waals surface area contributed by atoms with Crippen LogP contribution < -0.4 is 5.32 Å². The predicted octanol–water partition coefficient (Wildman–Crippen LogP) is 4.03. The maximum absolute atomic E-state index is 5.83. The van der Waals surface area contributed by atoms with Crippen molar-refractivity contribution in [2.75, 3.05) is 5.32 Å². The van der Waals surface area contributed by atoms with Gasteiger partial charge < -0.3 is 5.32 Å². The lowest BCUT2D eigenvalue weighted by molar-refractivity contribution is 0.899. The Morgan fingerprint density at radius 3 is 2.60 bits per heavy atom. The summed E-state index contributed by atoms with van der Waals surface area (Å²) in [6.07, 6.45) is 7.51. The standard InChI is InChI=1S/C13H14ClN/c1-10(11-4-2-3-5-11)15-13-8-6-12(14)7-9-13/h2-4,6-10,15H,5H2,1H3. The molecule has 0 aromatic heterocycles. The molecule has 0 saturated carbocycles. The first-order chi connectivity index (χ1) is 7.25. The van der Waals surface area contributed by atoms with Crippen molar-refractivity contribution in [1.82, 2.24) is 0 Å². The third-order valence-corrected chi connectivity index (χ3v) is 2.84. The Morgan fingerprint density at radius 2 is 2.00 bits per heavy atom. The van der Waals surface area contributed by atoms with E-state index in [1.165, 1.54) is 5.57 Å². The summed E-state index contributed by atoms with van der Waals surface area (Å²) >= 11 is 5.83. The molecule has 78 valence electrons. The molecule has 1 N–H and O–H groups in total. The van der Waals surface area contributed by atoms with Crippen molar-refractivity contribution in [1.29, 1.82) is 0 Å². The highest BCUT2D eigenvalue weighted by Gasteiger charge is 2.08. The highest BCUT2D eigenvalue weighted by molar-refractivity contribution is 6.30. The Bertz CT molecular complexity index is 390. The SMILES string of the molecule is CC(Nc1ccc(Cl)cc1)C1=CC=CC1. The summed E-state index contributed by atoms with van der Waals surface area (Å²) in [4.78, 5) is 0. The molecule has 0 spiro atoms. The summed E-state index contributed by atoms with van der Waals surface area (Å²) in [5.74, 6) is 0. The molecule has 1 unspecified atom stereocenters. The van der Waals surface area contributed by atoms with Gasteiger partial charge in [-0.25, -0.2) is 0 Å². The number of nitrogens with one attached hydrogen (secondary N) is 1. The zero-order valence-electron chi connectivity index (χ0n) is 8.70. The Hall–Kier alpha value is -1.21. The van der Waals surface area contributed by atoms with Crippen LogP contribution in [0.2, 0.25) is 5.02 Å². The van der Waals surface area contributed by atoms with Crippen LogP contribution in [0.25, 0.3) is 0 Å². The van der Waals surface area contributed by atoms with Gasteiger partial charge in [0.1, 0.15) is 0 Å². The highest BCUT2D eigenvalue weighted by atomic mass is 35.5. The fourth-order valence-corrected chi connectivity index (χ4v) is 1.80. The van der Waals surface area contributed by atoms with Gasteiger partial charge in [0.05, 0.1) is 0 Å². The fourth-order valence-electron chi connectivity index (χ4n) is 1.67. The van der Waals surface area contributed by atoms with Crippen molar-refractivity contribution < 1.29 is 0 Å². The zero-order chi connectivity index (χ0) is 10.7. The van der Waals surface area contributed by atoms with Gasteiger partial charge in [0.25, 0.3) is 0 Å². The summed E-state index contributed by atoms with van der Waals surface area (Å²) in [7, 11) is 0. The molecule has 0 radical (unpaired) electrons. The summed E-state index contributed by atoms with van der Waals surface area (Å²) in [6.45, 7) is 2.17. The van der Waals surface area contributed by atoms with Crippen molar-refractivity contribution in [3.8, 4) is 0 Å². The zero-order valence-corrected chi connectivity index (χ0v) is 9.46. The maximum Gasteiger partial charge on any atom is 0.0451 e. The van der Waals surface area contributed by atoms with E-state index in [1.807, 2.05) is 24.3 Å². The van der Waals surface area contributed by atoms with Gasteiger partial charge in [0, 0.05) is 16.8 Å². The van der Waals surface area contributed by atoms with E-state index >= 15 is 0 Å². The third-order valence-electron chi connectivity index (χ3n) is 2.58. The molecule has 1 atom stereocenters. The Balaban J connectivity index is 1.99. The molecule has 0 aliphatic heterocycles. The second kappa shape index (κ2) is 4.54. The highest BCUT2D eigenvalue weighted by Crippen LogP contribution is 2.20. The lowest BCUT2D eigenvalue weighted by Crippen LogP contribution is -2.16. The van der Waals surface area contributed by atoms with Crippen LogP contribution in [0.3, 0.4) is 0 Å². The van der Waals surface area contributed by atoms with Gasteiger partial charge in [-0.3, -0.25) is 0 Å². The molecule has 0 fully saturated rings. The molecule has 0 bridgehead atoms. The molecule has 1 aromatic carbocycles. The molecule has 0 amide bonds. The van der Waals surface area contributed by atoms with Crippen LogP contribution in [-0.2, 0) is 0 Å². The van der Waals surface area contributed by atoms with Gasteiger partial charge in [-0.05, 0) is 43.2 Å². The lowest BCUT2D eigenvalue weighted by Gasteiger charge is -2.16. The van der Waals surface area contributed by atoms with E-state index in [-0.39, 0.29) is 0 Å². The first-order valence-electron chi connectivity index (χ1n) is 5.13. The number of anilines is 1. The fraction of sp³-hybridized carbons (Fsp3) is 0.231. The van der Waals surface area contributed by atoms with E-state index in [0.29, 0.717) is 6.04 Å². The van der Waals surface area contributed by atoms with E-state index < -0.39 is 0 Å². The largest absolute Gasteiger partial charge is 0.379 e. The smallest absolute Gasteiger partial charge is 0.0451 e. The predicted molar refractivity (Wildman–Crippen MR) is 66.4 cm³/mol. The van der Waals surface area contributed by atoms with Gasteiger partial charge >= 0.3 is 0 Å². The van der Waals surface area contributed by atoms with Crippen molar-refractivity contribution in [2.24, 2.45) is 0 Å². The van der Waals surface area contributed by atoms with E-state index in [9.17, 15) is 0 Å². The molecule has 1 nitrogen and oxygen atoms in total. The lowest BCUT2D eigenvalue weighted by atomic mass is 10.1. The second-order valence-electron chi connectivity index (χ2n) is 3.75. The quantitative estimate of drug-likeness (QED) is 0.810. The van der Waals surface area contributed by atoms with Crippen LogP contribution in [0.4, 0.5) is 5.69 Å². The molecular formula is C13H14ClN. The summed E-state index contributed by atoms with van der Waals surface area (Å²) in [5.41, 5.74) is 2.53. The van der Waals surface area contributed by atoms with Crippen molar-refractivity contribution in [3.63, 3.8) is 0 Å². The number of benzene rings is 1. The van der Waals surface area contributed by atoms with Gasteiger partial charge in [-0.2, -0.15) is 0 Å². The normalized spacial score (nSPS) is 16.3. The monoisotopic (exact) mass is 219 g/mol. The summed E-state index contributed by atoms with van der Waals surface area (Å²) in [6, 6.07) is 8.18. The average Bonchev–Trinajstić information content (AvgIpc) is 2.74. The molecule has 15 heavy (non-hydrogen) atoms. The summed E-state index contributed by atoms with van der Waals surface area (Å²) < 4.78 is 0. The van der Waals surface area contributed by atoms with Crippen LogP contribution in [-0.4, -0.2) is 6.04 Å². The average molecular weight is 220 g/mol. The molecule has 2 rings (SSSR count).